The Balaban J connectivity index is 2.89. The second-order valence-electron chi connectivity index (χ2n) is 4.29. The smallest absolute Gasteiger partial charge is 0.244 e. The number of halogens is 1. The molecule has 0 aromatic heterocycles. The van der Waals surface area contributed by atoms with Crippen LogP contribution in [-0.2, 0) is 4.79 Å². The molecule has 2 N–H and O–H groups in total. The normalized spacial score (nSPS) is 11.3. The Hall–Kier alpha value is -1.42. The van der Waals surface area contributed by atoms with Gasteiger partial charge in [0.15, 0.2) is 0 Å². The van der Waals surface area contributed by atoms with Crippen molar-refractivity contribution in [2.24, 2.45) is 0 Å². The summed E-state index contributed by atoms with van der Waals surface area (Å²) in [5.41, 5.74) is 0.661. The maximum atomic E-state index is 13.0. The summed E-state index contributed by atoms with van der Waals surface area (Å²) in [7, 11) is 1.71. The van der Waals surface area contributed by atoms with E-state index in [9.17, 15) is 9.18 Å². The van der Waals surface area contributed by atoms with Crippen molar-refractivity contribution in [2.45, 2.75) is 26.3 Å². The highest BCUT2D eigenvalue weighted by molar-refractivity contribution is 5.98. The highest BCUT2D eigenvalue weighted by atomic mass is 19.1. The minimum atomic E-state index is -0.682. The number of amides is 1. The first kappa shape index (κ1) is 12.6. The Morgan fingerprint density at radius 2 is 2.00 bits per heavy atom. The number of hydrogen-bond acceptors (Lipinski definition) is 2. The number of carbonyl (C=O) groups excluding carboxylic acids is 1. The number of benzene rings is 1. The van der Waals surface area contributed by atoms with Gasteiger partial charge in [-0.3, -0.25) is 4.79 Å². The van der Waals surface area contributed by atoms with E-state index in [1.165, 1.54) is 12.1 Å². The molecule has 0 heterocycles. The van der Waals surface area contributed by atoms with Crippen LogP contribution in [0.5, 0.6) is 0 Å². The third-order valence-electron chi connectivity index (χ3n) is 2.64. The number of aryl methyl sites for hydroxylation is 1. The maximum Gasteiger partial charge on any atom is 0.244 e. The minimum absolute atomic E-state index is 0.191. The summed E-state index contributed by atoms with van der Waals surface area (Å²) in [6.45, 7) is 5.34. The van der Waals surface area contributed by atoms with Gasteiger partial charge in [0, 0.05) is 5.69 Å². The summed E-state index contributed by atoms with van der Waals surface area (Å²) in [6, 6.07) is 4.32. The van der Waals surface area contributed by atoms with Crippen molar-refractivity contribution in [1.29, 1.82) is 0 Å². The number of likely N-dealkylation sites (N-methyl/N-ethyl adjacent to an activating group) is 1. The molecule has 1 aromatic rings. The lowest BCUT2D eigenvalue weighted by atomic mass is 10.0. The lowest BCUT2D eigenvalue weighted by molar-refractivity contribution is -0.121. The number of hydrogen-bond donors (Lipinski definition) is 2. The molecule has 0 bridgehead atoms. The summed E-state index contributed by atoms with van der Waals surface area (Å²) in [5, 5.41) is 5.59. The average Bonchev–Trinajstić information content (AvgIpc) is 2.23. The number of nitrogens with one attached hydrogen (secondary N) is 2. The van der Waals surface area contributed by atoms with Crippen LogP contribution in [0.15, 0.2) is 18.2 Å². The summed E-state index contributed by atoms with van der Waals surface area (Å²) < 4.78 is 13.0. The van der Waals surface area contributed by atoms with Crippen molar-refractivity contribution in [1.82, 2.24) is 5.32 Å². The molecule has 1 amide bonds. The molecule has 3 nitrogen and oxygen atoms in total. The van der Waals surface area contributed by atoms with Gasteiger partial charge in [0.05, 0.1) is 5.54 Å². The second-order valence-corrected chi connectivity index (χ2v) is 4.29. The number of carbonyl (C=O) groups is 1. The van der Waals surface area contributed by atoms with E-state index in [-0.39, 0.29) is 11.7 Å². The van der Waals surface area contributed by atoms with Crippen molar-refractivity contribution in [3.05, 3.63) is 29.6 Å². The topological polar surface area (TPSA) is 41.1 Å². The zero-order chi connectivity index (χ0) is 12.3. The number of anilines is 1. The highest BCUT2D eigenvalue weighted by Gasteiger charge is 2.25. The Labute approximate surface area is 95.0 Å². The molecule has 0 radical (unpaired) electrons. The first-order chi connectivity index (χ1) is 7.36. The van der Waals surface area contributed by atoms with Gasteiger partial charge in [-0.1, -0.05) is 6.07 Å². The SMILES string of the molecule is CNC(C)(C)C(=O)Nc1cc(F)ccc1C. The van der Waals surface area contributed by atoms with Crippen LogP contribution in [0.1, 0.15) is 19.4 Å². The lowest BCUT2D eigenvalue weighted by Crippen LogP contribution is -2.48. The molecule has 88 valence electrons. The van der Waals surface area contributed by atoms with Gasteiger partial charge in [0.1, 0.15) is 5.82 Å². The average molecular weight is 224 g/mol. The summed E-state index contributed by atoms with van der Waals surface area (Å²) >= 11 is 0. The molecule has 0 fully saturated rings. The van der Waals surface area contributed by atoms with E-state index in [0.717, 1.165) is 5.56 Å². The van der Waals surface area contributed by atoms with Crippen molar-refractivity contribution in [3.63, 3.8) is 0 Å². The third-order valence-corrected chi connectivity index (χ3v) is 2.64. The van der Waals surface area contributed by atoms with Crippen LogP contribution >= 0.6 is 0 Å². The van der Waals surface area contributed by atoms with Gasteiger partial charge >= 0.3 is 0 Å². The fourth-order valence-corrected chi connectivity index (χ4v) is 1.12. The molecule has 0 aliphatic heterocycles. The molecule has 0 aliphatic carbocycles. The molecule has 16 heavy (non-hydrogen) atoms. The molecular weight excluding hydrogens is 207 g/mol. The van der Waals surface area contributed by atoms with E-state index in [1.807, 2.05) is 6.92 Å². The van der Waals surface area contributed by atoms with Crippen LogP contribution in [-0.4, -0.2) is 18.5 Å². The fraction of sp³-hybridized carbons (Fsp3) is 0.417. The molecule has 1 aromatic carbocycles. The van der Waals surface area contributed by atoms with Crippen molar-refractivity contribution < 1.29 is 9.18 Å². The van der Waals surface area contributed by atoms with Crippen molar-refractivity contribution in [3.8, 4) is 0 Å². The van der Waals surface area contributed by atoms with Crippen LogP contribution in [0.3, 0.4) is 0 Å². The van der Waals surface area contributed by atoms with E-state index in [1.54, 1.807) is 27.0 Å². The number of rotatable bonds is 3. The Morgan fingerprint density at radius 1 is 1.38 bits per heavy atom. The van der Waals surface area contributed by atoms with Gasteiger partial charge in [0.25, 0.3) is 0 Å². The van der Waals surface area contributed by atoms with Gasteiger partial charge < -0.3 is 10.6 Å². The van der Waals surface area contributed by atoms with E-state index < -0.39 is 5.54 Å². The molecule has 0 saturated heterocycles. The predicted octanol–water partition coefficient (Wildman–Crippen LogP) is 2.07. The fourth-order valence-electron chi connectivity index (χ4n) is 1.12. The zero-order valence-electron chi connectivity index (χ0n) is 10.0. The van der Waals surface area contributed by atoms with E-state index in [0.29, 0.717) is 5.69 Å². The quantitative estimate of drug-likeness (QED) is 0.825. The summed E-state index contributed by atoms with van der Waals surface area (Å²) in [5.74, 6) is -0.549. The van der Waals surface area contributed by atoms with Crippen LogP contribution in [0.25, 0.3) is 0 Å². The molecule has 0 spiro atoms. The summed E-state index contributed by atoms with van der Waals surface area (Å²) in [4.78, 5) is 11.8. The zero-order valence-corrected chi connectivity index (χ0v) is 10.0. The first-order valence-electron chi connectivity index (χ1n) is 5.13. The van der Waals surface area contributed by atoms with Gasteiger partial charge in [0.2, 0.25) is 5.91 Å². The molecule has 0 atom stereocenters. The Kier molecular flexibility index (Phi) is 3.65. The third kappa shape index (κ3) is 2.79. The van der Waals surface area contributed by atoms with Crippen LogP contribution < -0.4 is 10.6 Å². The monoisotopic (exact) mass is 224 g/mol. The van der Waals surface area contributed by atoms with Gasteiger partial charge in [-0.15, -0.1) is 0 Å². The first-order valence-corrected chi connectivity index (χ1v) is 5.13. The summed E-state index contributed by atoms with van der Waals surface area (Å²) in [6.07, 6.45) is 0. The minimum Gasteiger partial charge on any atom is -0.324 e. The molecule has 1 rings (SSSR count). The van der Waals surface area contributed by atoms with Gasteiger partial charge in [-0.2, -0.15) is 0 Å². The molecule has 0 unspecified atom stereocenters. The standard InChI is InChI=1S/C12H17FN2O/c1-8-5-6-9(13)7-10(8)15-11(16)12(2,3)14-4/h5-7,14H,1-4H3,(H,15,16). The Bertz CT molecular complexity index is 402. The second kappa shape index (κ2) is 4.61. The largest absolute Gasteiger partial charge is 0.324 e. The molecule has 0 aliphatic rings. The highest BCUT2D eigenvalue weighted by Crippen LogP contribution is 2.17. The van der Waals surface area contributed by atoms with Gasteiger partial charge in [-0.05, 0) is 45.5 Å². The predicted molar refractivity (Wildman–Crippen MR) is 62.9 cm³/mol. The molecule has 4 heteroatoms. The van der Waals surface area contributed by atoms with Gasteiger partial charge in [-0.25, -0.2) is 4.39 Å². The van der Waals surface area contributed by atoms with Crippen LogP contribution in [0.4, 0.5) is 10.1 Å². The van der Waals surface area contributed by atoms with Crippen LogP contribution in [0.2, 0.25) is 0 Å². The van der Waals surface area contributed by atoms with Crippen LogP contribution in [0, 0.1) is 12.7 Å². The van der Waals surface area contributed by atoms with E-state index in [4.69, 9.17) is 0 Å². The van der Waals surface area contributed by atoms with Crippen molar-refractivity contribution >= 4 is 11.6 Å². The maximum absolute atomic E-state index is 13.0. The molecule has 0 saturated carbocycles. The Morgan fingerprint density at radius 3 is 2.56 bits per heavy atom. The van der Waals surface area contributed by atoms with Crippen molar-refractivity contribution in [2.75, 3.05) is 12.4 Å². The molecular formula is C12H17FN2O. The van der Waals surface area contributed by atoms with E-state index in [2.05, 4.69) is 10.6 Å². The lowest BCUT2D eigenvalue weighted by Gasteiger charge is -2.23. The van der Waals surface area contributed by atoms with E-state index >= 15 is 0 Å².